The number of aromatic nitrogens is 1. The van der Waals surface area contributed by atoms with Gasteiger partial charge in [-0.25, -0.2) is 0 Å². The number of hydrogen-bond donors (Lipinski definition) is 1. The summed E-state index contributed by atoms with van der Waals surface area (Å²) in [6.45, 7) is 6.66. The van der Waals surface area contributed by atoms with Gasteiger partial charge in [-0.3, -0.25) is 0 Å². The SMILES string of the molecule is CCN1CCC(NCc2ccon2)CC1. The van der Waals surface area contributed by atoms with Gasteiger partial charge in [-0.1, -0.05) is 12.1 Å². The second-order valence-electron chi connectivity index (χ2n) is 4.08. The Kier molecular flexibility index (Phi) is 3.75. The minimum atomic E-state index is 0.643. The van der Waals surface area contributed by atoms with Crippen molar-refractivity contribution in [3.05, 3.63) is 18.0 Å². The van der Waals surface area contributed by atoms with Crippen LogP contribution in [0.15, 0.2) is 16.9 Å². The van der Waals surface area contributed by atoms with E-state index >= 15 is 0 Å². The average molecular weight is 209 g/mol. The molecule has 1 aliphatic heterocycles. The Hall–Kier alpha value is -0.870. The molecule has 15 heavy (non-hydrogen) atoms. The van der Waals surface area contributed by atoms with E-state index in [1.165, 1.54) is 32.5 Å². The quantitative estimate of drug-likeness (QED) is 0.810. The lowest BCUT2D eigenvalue weighted by Crippen LogP contribution is -2.42. The molecule has 0 spiro atoms. The van der Waals surface area contributed by atoms with Crippen LogP contribution >= 0.6 is 0 Å². The average Bonchev–Trinajstić information content (AvgIpc) is 2.80. The minimum Gasteiger partial charge on any atom is -0.364 e. The van der Waals surface area contributed by atoms with Crippen molar-refractivity contribution in [2.75, 3.05) is 19.6 Å². The Morgan fingerprint density at radius 3 is 2.93 bits per heavy atom. The summed E-state index contributed by atoms with van der Waals surface area (Å²) >= 11 is 0. The van der Waals surface area contributed by atoms with Crippen molar-refractivity contribution in [1.29, 1.82) is 0 Å². The molecule has 1 aromatic rings. The van der Waals surface area contributed by atoms with Crippen LogP contribution in [0.25, 0.3) is 0 Å². The third-order valence-electron chi connectivity index (χ3n) is 3.10. The monoisotopic (exact) mass is 209 g/mol. The number of nitrogens with zero attached hydrogens (tertiary/aromatic N) is 2. The van der Waals surface area contributed by atoms with Gasteiger partial charge in [-0.15, -0.1) is 0 Å². The van der Waals surface area contributed by atoms with E-state index in [2.05, 4.69) is 22.3 Å². The summed E-state index contributed by atoms with van der Waals surface area (Å²) in [6.07, 6.45) is 4.11. The minimum absolute atomic E-state index is 0.643. The van der Waals surface area contributed by atoms with Gasteiger partial charge in [0.05, 0.1) is 5.69 Å². The Balaban J connectivity index is 1.69. The maximum atomic E-state index is 4.79. The van der Waals surface area contributed by atoms with E-state index in [9.17, 15) is 0 Å². The first kappa shape index (κ1) is 10.6. The van der Waals surface area contributed by atoms with Crippen molar-refractivity contribution < 1.29 is 4.52 Å². The molecule has 84 valence electrons. The molecule has 0 radical (unpaired) electrons. The number of hydrogen-bond acceptors (Lipinski definition) is 4. The molecule has 1 aliphatic rings. The second-order valence-corrected chi connectivity index (χ2v) is 4.08. The van der Waals surface area contributed by atoms with E-state index in [1.54, 1.807) is 6.26 Å². The fraction of sp³-hybridized carbons (Fsp3) is 0.727. The van der Waals surface area contributed by atoms with Crippen molar-refractivity contribution in [2.45, 2.75) is 32.4 Å². The molecular formula is C11H19N3O. The third-order valence-corrected chi connectivity index (χ3v) is 3.10. The van der Waals surface area contributed by atoms with Crippen molar-refractivity contribution >= 4 is 0 Å². The maximum Gasteiger partial charge on any atom is 0.124 e. The summed E-state index contributed by atoms with van der Waals surface area (Å²) in [5.74, 6) is 0. The molecule has 0 unspecified atom stereocenters. The summed E-state index contributed by atoms with van der Waals surface area (Å²) in [5, 5.41) is 7.40. The zero-order valence-electron chi connectivity index (χ0n) is 9.28. The highest BCUT2D eigenvalue weighted by Crippen LogP contribution is 2.10. The highest BCUT2D eigenvalue weighted by Gasteiger charge is 2.17. The molecule has 2 heterocycles. The van der Waals surface area contributed by atoms with Crippen LogP contribution in [0.4, 0.5) is 0 Å². The van der Waals surface area contributed by atoms with Crippen LogP contribution in [-0.4, -0.2) is 35.7 Å². The summed E-state index contributed by atoms with van der Waals surface area (Å²) in [6, 6.07) is 2.55. The summed E-state index contributed by atoms with van der Waals surface area (Å²) in [4.78, 5) is 2.49. The molecule has 0 aliphatic carbocycles. The van der Waals surface area contributed by atoms with Gasteiger partial charge >= 0.3 is 0 Å². The van der Waals surface area contributed by atoms with Crippen molar-refractivity contribution in [1.82, 2.24) is 15.4 Å². The first-order valence-corrected chi connectivity index (χ1v) is 5.73. The van der Waals surface area contributed by atoms with Crippen LogP contribution in [-0.2, 0) is 6.54 Å². The molecule has 1 fully saturated rings. The van der Waals surface area contributed by atoms with Crippen LogP contribution in [0.3, 0.4) is 0 Å². The van der Waals surface area contributed by atoms with Crippen LogP contribution < -0.4 is 5.32 Å². The molecule has 0 aromatic carbocycles. The fourth-order valence-electron chi connectivity index (χ4n) is 2.03. The van der Waals surface area contributed by atoms with Gasteiger partial charge in [0, 0.05) is 18.7 Å². The number of nitrogens with one attached hydrogen (secondary N) is 1. The lowest BCUT2D eigenvalue weighted by molar-refractivity contribution is 0.205. The normalized spacial score (nSPS) is 19.5. The van der Waals surface area contributed by atoms with Gasteiger partial charge in [0.25, 0.3) is 0 Å². The lowest BCUT2D eigenvalue weighted by atomic mass is 10.1. The van der Waals surface area contributed by atoms with Gasteiger partial charge in [-0.2, -0.15) is 0 Å². The van der Waals surface area contributed by atoms with Gasteiger partial charge in [-0.05, 0) is 32.5 Å². The molecule has 0 saturated carbocycles. The first-order valence-electron chi connectivity index (χ1n) is 5.73. The van der Waals surface area contributed by atoms with E-state index in [-0.39, 0.29) is 0 Å². The smallest absolute Gasteiger partial charge is 0.124 e. The predicted octanol–water partition coefficient (Wildman–Crippen LogP) is 1.25. The van der Waals surface area contributed by atoms with Crippen LogP contribution in [0.2, 0.25) is 0 Å². The zero-order valence-corrected chi connectivity index (χ0v) is 9.28. The second kappa shape index (κ2) is 5.28. The zero-order chi connectivity index (χ0) is 10.5. The topological polar surface area (TPSA) is 41.3 Å². The van der Waals surface area contributed by atoms with Gasteiger partial charge in [0.2, 0.25) is 0 Å². The molecule has 0 bridgehead atoms. The van der Waals surface area contributed by atoms with Crippen LogP contribution in [0.1, 0.15) is 25.5 Å². The Labute approximate surface area is 90.6 Å². The van der Waals surface area contributed by atoms with Gasteiger partial charge < -0.3 is 14.7 Å². The summed E-state index contributed by atoms with van der Waals surface area (Å²) in [5.41, 5.74) is 0.993. The molecule has 1 N–H and O–H groups in total. The molecule has 0 atom stereocenters. The maximum absolute atomic E-state index is 4.79. The number of rotatable bonds is 4. The number of piperidine rings is 1. The van der Waals surface area contributed by atoms with E-state index in [4.69, 9.17) is 4.52 Å². The fourth-order valence-corrected chi connectivity index (χ4v) is 2.03. The van der Waals surface area contributed by atoms with Crippen molar-refractivity contribution in [3.63, 3.8) is 0 Å². The highest BCUT2D eigenvalue weighted by molar-refractivity contribution is 4.95. The van der Waals surface area contributed by atoms with Gasteiger partial charge in [0.15, 0.2) is 0 Å². The van der Waals surface area contributed by atoms with Crippen LogP contribution in [0.5, 0.6) is 0 Å². The molecule has 4 heteroatoms. The standard InChI is InChI=1S/C11H19N3O/c1-2-14-6-3-10(4-7-14)12-9-11-5-8-15-13-11/h5,8,10,12H,2-4,6-7,9H2,1H3. The summed E-state index contributed by atoms with van der Waals surface area (Å²) < 4.78 is 4.79. The van der Waals surface area contributed by atoms with Crippen molar-refractivity contribution in [3.8, 4) is 0 Å². The highest BCUT2D eigenvalue weighted by atomic mass is 16.5. The first-order chi connectivity index (χ1) is 7.38. The van der Waals surface area contributed by atoms with Crippen LogP contribution in [0, 0.1) is 0 Å². The van der Waals surface area contributed by atoms with E-state index < -0.39 is 0 Å². The molecule has 1 saturated heterocycles. The Bertz CT molecular complexity index is 265. The predicted molar refractivity (Wildman–Crippen MR) is 58.5 cm³/mol. The van der Waals surface area contributed by atoms with Crippen molar-refractivity contribution in [2.24, 2.45) is 0 Å². The Morgan fingerprint density at radius 2 is 2.33 bits per heavy atom. The third kappa shape index (κ3) is 3.04. The lowest BCUT2D eigenvalue weighted by Gasteiger charge is -2.31. The largest absolute Gasteiger partial charge is 0.364 e. The van der Waals surface area contributed by atoms with E-state index in [1.807, 2.05) is 6.07 Å². The molecular weight excluding hydrogens is 190 g/mol. The molecule has 4 nitrogen and oxygen atoms in total. The van der Waals surface area contributed by atoms with E-state index in [0.717, 1.165) is 12.2 Å². The molecule has 2 rings (SSSR count). The van der Waals surface area contributed by atoms with Gasteiger partial charge in [0.1, 0.15) is 6.26 Å². The van der Waals surface area contributed by atoms with E-state index in [0.29, 0.717) is 6.04 Å². The molecule has 1 aromatic heterocycles. The molecule has 0 amide bonds. The Morgan fingerprint density at radius 1 is 1.53 bits per heavy atom. The summed E-state index contributed by atoms with van der Waals surface area (Å²) in [7, 11) is 0. The number of likely N-dealkylation sites (tertiary alicyclic amines) is 1.